The van der Waals surface area contributed by atoms with Crippen LogP contribution < -0.4 is 5.32 Å². The molecular weight excluding hydrogens is 405 g/mol. The van der Waals surface area contributed by atoms with Crippen molar-refractivity contribution in [2.45, 2.75) is 32.4 Å². The summed E-state index contributed by atoms with van der Waals surface area (Å²) in [5.41, 5.74) is 4.07. The van der Waals surface area contributed by atoms with E-state index in [0.29, 0.717) is 11.4 Å². The SMILES string of the molecule is Cc1[nH]c2ccccc2c1CN1CCC(n2nccc2NC(=O)c2cccc(F)c2)CC1. The number of rotatable bonds is 5. The van der Waals surface area contributed by atoms with Crippen molar-refractivity contribution in [3.8, 4) is 0 Å². The predicted octanol–water partition coefficient (Wildman–Crippen LogP) is 4.90. The van der Waals surface area contributed by atoms with Crippen LogP contribution in [0, 0.1) is 12.7 Å². The third-order valence-corrected chi connectivity index (χ3v) is 6.31. The van der Waals surface area contributed by atoms with E-state index in [2.05, 4.69) is 51.5 Å². The van der Waals surface area contributed by atoms with Gasteiger partial charge in [-0.05, 0) is 49.6 Å². The Morgan fingerprint density at radius 1 is 1.16 bits per heavy atom. The van der Waals surface area contributed by atoms with Crippen LogP contribution >= 0.6 is 0 Å². The van der Waals surface area contributed by atoms with E-state index in [9.17, 15) is 9.18 Å². The van der Waals surface area contributed by atoms with Gasteiger partial charge in [-0.15, -0.1) is 0 Å². The van der Waals surface area contributed by atoms with E-state index in [1.54, 1.807) is 18.3 Å². The number of amides is 1. The standard InChI is InChI=1S/C25H26FN5O/c1-17-22(21-7-2-3-8-23(21)28-17)16-30-13-10-20(11-14-30)31-24(9-12-27-31)29-25(32)18-5-4-6-19(26)15-18/h2-9,12,15,20,28H,10-11,13-14,16H2,1H3,(H,29,32). The molecule has 1 aliphatic heterocycles. The van der Waals surface area contributed by atoms with Crippen molar-refractivity contribution in [3.63, 3.8) is 0 Å². The Balaban J connectivity index is 1.24. The first kappa shape index (κ1) is 20.5. The molecule has 1 aliphatic rings. The second-order valence-electron chi connectivity index (χ2n) is 8.41. The fourth-order valence-corrected chi connectivity index (χ4v) is 4.61. The molecule has 2 aromatic carbocycles. The molecule has 2 aromatic heterocycles. The summed E-state index contributed by atoms with van der Waals surface area (Å²) in [4.78, 5) is 18.5. The second kappa shape index (κ2) is 8.59. The number of piperidine rings is 1. The number of nitrogens with zero attached hydrogens (tertiary/aromatic N) is 3. The molecule has 0 aliphatic carbocycles. The van der Waals surface area contributed by atoms with Crippen LogP contribution in [0.5, 0.6) is 0 Å². The summed E-state index contributed by atoms with van der Waals surface area (Å²) in [6.07, 6.45) is 3.60. The first-order chi connectivity index (χ1) is 15.6. The molecule has 0 atom stereocenters. The molecule has 3 heterocycles. The largest absolute Gasteiger partial charge is 0.358 e. The lowest BCUT2D eigenvalue weighted by molar-refractivity contribution is 0.102. The number of aromatic amines is 1. The van der Waals surface area contributed by atoms with Gasteiger partial charge >= 0.3 is 0 Å². The zero-order valence-corrected chi connectivity index (χ0v) is 18.0. The lowest BCUT2D eigenvalue weighted by Crippen LogP contribution is -2.35. The van der Waals surface area contributed by atoms with Crippen LogP contribution in [0.15, 0.2) is 60.8 Å². The van der Waals surface area contributed by atoms with Crippen molar-refractivity contribution >= 4 is 22.6 Å². The summed E-state index contributed by atoms with van der Waals surface area (Å²) in [7, 11) is 0. The van der Waals surface area contributed by atoms with Crippen molar-refractivity contribution in [1.82, 2.24) is 19.7 Å². The normalized spacial score (nSPS) is 15.3. The van der Waals surface area contributed by atoms with Crippen molar-refractivity contribution in [1.29, 1.82) is 0 Å². The number of hydrogen-bond acceptors (Lipinski definition) is 3. The van der Waals surface area contributed by atoms with Gasteiger partial charge in [-0.1, -0.05) is 24.3 Å². The summed E-state index contributed by atoms with van der Waals surface area (Å²) in [6, 6.07) is 16.1. The van der Waals surface area contributed by atoms with Gasteiger partial charge in [0.15, 0.2) is 0 Å². The summed E-state index contributed by atoms with van der Waals surface area (Å²) in [6.45, 7) is 4.98. The van der Waals surface area contributed by atoms with Gasteiger partial charge in [-0.2, -0.15) is 5.10 Å². The minimum Gasteiger partial charge on any atom is -0.358 e. The number of para-hydroxylation sites is 1. The summed E-state index contributed by atoms with van der Waals surface area (Å²) >= 11 is 0. The number of H-pyrrole nitrogens is 1. The first-order valence-corrected chi connectivity index (χ1v) is 11.0. The molecule has 7 heteroatoms. The molecule has 164 valence electrons. The zero-order chi connectivity index (χ0) is 22.1. The van der Waals surface area contributed by atoms with E-state index in [1.165, 1.54) is 40.4 Å². The highest BCUT2D eigenvalue weighted by Gasteiger charge is 2.24. The number of carbonyl (C=O) groups excluding carboxylic acids is 1. The topological polar surface area (TPSA) is 66.0 Å². The smallest absolute Gasteiger partial charge is 0.256 e. The van der Waals surface area contributed by atoms with Crippen LogP contribution in [-0.4, -0.2) is 38.7 Å². The molecule has 1 fully saturated rings. The number of anilines is 1. The van der Waals surface area contributed by atoms with Crippen LogP contribution in [0.3, 0.4) is 0 Å². The van der Waals surface area contributed by atoms with E-state index >= 15 is 0 Å². The van der Waals surface area contributed by atoms with Gasteiger partial charge in [0.05, 0.1) is 12.2 Å². The Labute approximate surface area is 186 Å². The molecule has 4 aromatic rings. The van der Waals surface area contributed by atoms with E-state index in [0.717, 1.165) is 32.5 Å². The van der Waals surface area contributed by atoms with Gasteiger partial charge in [0.2, 0.25) is 0 Å². The van der Waals surface area contributed by atoms with Gasteiger partial charge in [0, 0.05) is 47.9 Å². The van der Waals surface area contributed by atoms with Crippen LogP contribution in [-0.2, 0) is 6.54 Å². The van der Waals surface area contributed by atoms with Gasteiger partial charge in [-0.3, -0.25) is 9.69 Å². The Hall–Kier alpha value is -3.45. The van der Waals surface area contributed by atoms with E-state index in [1.807, 2.05) is 4.68 Å². The average molecular weight is 432 g/mol. The molecular formula is C25H26FN5O. The van der Waals surface area contributed by atoms with Crippen molar-refractivity contribution in [3.05, 3.63) is 83.4 Å². The number of aromatic nitrogens is 3. The number of nitrogens with one attached hydrogen (secondary N) is 2. The third kappa shape index (κ3) is 4.03. The van der Waals surface area contributed by atoms with Gasteiger partial charge < -0.3 is 10.3 Å². The highest BCUT2D eigenvalue weighted by molar-refractivity contribution is 6.03. The maximum atomic E-state index is 13.5. The predicted molar refractivity (Wildman–Crippen MR) is 123 cm³/mol. The maximum absolute atomic E-state index is 13.5. The highest BCUT2D eigenvalue weighted by atomic mass is 19.1. The van der Waals surface area contributed by atoms with Crippen LogP contribution in [0.25, 0.3) is 10.9 Å². The molecule has 1 amide bonds. The number of fused-ring (bicyclic) bond motifs is 1. The van der Waals surface area contributed by atoms with Gasteiger partial charge in [0.25, 0.3) is 5.91 Å². The average Bonchev–Trinajstić information content (AvgIpc) is 3.38. The molecule has 6 nitrogen and oxygen atoms in total. The maximum Gasteiger partial charge on any atom is 0.256 e. The molecule has 1 saturated heterocycles. The molecule has 0 saturated carbocycles. The second-order valence-corrected chi connectivity index (χ2v) is 8.41. The molecule has 0 spiro atoms. The van der Waals surface area contributed by atoms with Gasteiger partial charge in [0.1, 0.15) is 11.6 Å². The highest BCUT2D eigenvalue weighted by Crippen LogP contribution is 2.29. The number of hydrogen-bond donors (Lipinski definition) is 2. The number of likely N-dealkylation sites (tertiary alicyclic amines) is 1. The van der Waals surface area contributed by atoms with Crippen LogP contribution in [0.1, 0.15) is 40.5 Å². The summed E-state index contributed by atoms with van der Waals surface area (Å²) in [5.74, 6) is -0.118. The monoisotopic (exact) mass is 431 g/mol. The molecule has 0 bridgehead atoms. The molecule has 5 rings (SSSR count). The van der Waals surface area contributed by atoms with Gasteiger partial charge in [-0.25, -0.2) is 9.07 Å². The Bertz CT molecular complexity index is 1250. The Kier molecular flexibility index (Phi) is 5.49. The minimum absolute atomic E-state index is 0.216. The third-order valence-electron chi connectivity index (χ3n) is 6.31. The van der Waals surface area contributed by atoms with E-state index < -0.39 is 5.82 Å². The van der Waals surface area contributed by atoms with E-state index in [-0.39, 0.29) is 11.9 Å². The fourth-order valence-electron chi connectivity index (χ4n) is 4.61. The van der Waals surface area contributed by atoms with Crippen LogP contribution in [0.4, 0.5) is 10.2 Å². The number of carbonyl (C=O) groups is 1. The number of halogens is 1. The molecule has 0 radical (unpaired) electrons. The quantitative estimate of drug-likeness (QED) is 0.472. The lowest BCUT2D eigenvalue weighted by Gasteiger charge is -2.32. The minimum atomic E-state index is -0.427. The van der Waals surface area contributed by atoms with Crippen molar-refractivity contribution in [2.75, 3.05) is 18.4 Å². The lowest BCUT2D eigenvalue weighted by atomic mass is 10.0. The van der Waals surface area contributed by atoms with Crippen molar-refractivity contribution in [2.24, 2.45) is 0 Å². The Morgan fingerprint density at radius 2 is 1.97 bits per heavy atom. The molecule has 2 N–H and O–H groups in total. The molecule has 32 heavy (non-hydrogen) atoms. The number of benzene rings is 2. The molecule has 0 unspecified atom stereocenters. The van der Waals surface area contributed by atoms with Crippen LogP contribution in [0.2, 0.25) is 0 Å². The van der Waals surface area contributed by atoms with Crippen molar-refractivity contribution < 1.29 is 9.18 Å². The number of aryl methyl sites for hydroxylation is 1. The first-order valence-electron chi connectivity index (χ1n) is 11.0. The summed E-state index contributed by atoms with van der Waals surface area (Å²) < 4.78 is 15.3. The Morgan fingerprint density at radius 3 is 2.78 bits per heavy atom. The van der Waals surface area contributed by atoms with E-state index in [4.69, 9.17) is 0 Å². The fraction of sp³-hybridized carbons (Fsp3) is 0.280. The summed E-state index contributed by atoms with van der Waals surface area (Å²) in [5, 5.41) is 8.64. The zero-order valence-electron chi connectivity index (χ0n) is 18.0.